The third-order valence-corrected chi connectivity index (χ3v) is 5.40. The molecule has 21 heavy (non-hydrogen) atoms. The van der Waals surface area contributed by atoms with Gasteiger partial charge in [0, 0.05) is 11.6 Å². The highest BCUT2D eigenvalue weighted by Crippen LogP contribution is 2.64. The van der Waals surface area contributed by atoms with E-state index in [1.54, 1.807) is 0 Å². The predicted octanol–water partition coefficient (Wildman–Crippen LogP) is 4.76. The van der Waals surface area contributed by atoms with Crippen LogP contribution in [-0.2, 0) is 0 Å². The average Bonchev–Trinajstić information content (AvgIpc) is 2.92. The largest absolute Gasteiger partial charge is 0.785 e. The Hall–Kier alpha value is -0.780. The molecule has 2 bridgehead atoms. The Balaban J connectivity index is 2.11. The van der Waals surface area contributed by atoms with E-state index in [9.17, 15) is 18.4 Å². The lowest BCUT2D eigenvalue weighted by atomic mass is 9.74. The highest BCUT2D eigenvalue weighted by Gasteiger charge is 2.59. The van der Waals surface area contributed by atoms with Crippen molar-refractivity contribution in [3.8, 4) is 0 Å². The second-order valence-corrected chi connectivity index (χ2v) is 6.80. The Kier molecular flexibility index (Phi) is 3.50. The quantitative estimate of drug-likeness (QED) is 0.593. The van der Waals surface area contributed by atoms with Crippen molar-refractivity contribution in [3.63, 3.8) is 0 Å². The molecule has 0 saturated heterocycles. The van der Waals surface area contributed by atoms with Gasteiger partial charge in [0.25, 0.3) is 0 Å². The molecule has 0 spiro atoms. The second kappa shape index (κ2) is 4.86. The van der Waals surface area contributed by atoms with Gasteiger partial charge >= 0.3 is 0 Å². The molecule has 1 atom stereocenters. The lowest BCUT2D eigenvalue weighted by Gasteiger charge is -2.45. The van der Waals surface area contributed by atoms with E-state index < -0.39 is 28.8 Å². The van der Waals surface area contributed by atoms with Gasteiger partial charge in [-0.05, 0) is 56.7 Å². The van der Waals surface area contributed by atoms with Gasteiger partial charge in [-0.15, -0.1) is 0 Å². The van der Waals surface area contributed by atoms with Crippen molar-refractivity contribution < 1.29 is 13.2 Å². The summed E-state index contributed by atoms with van der Waals surface area (Å²) in [5.74, 6) is -1.72. The standard InChI is InChI=1S/C15H16ClF3NO/c1-20(21)13(11-10(17)3-2-9(16)12(11)18)14-4-6-15(19,8-14)7-5-14/h2-3,13H,4-8H2,1H3/q-1. The van der Waals surface area contributed by atoms with E-state index in [0.29, 0.717) is 30.7 Å². The Morgan fingerprint density at radius 3 is 2.33 bits per heavy atom. The molecule has 2 fully saturated rings. The highest BCUT2D eigenvalue weighted by molar-refractivity contribution is 6.30. The monoisotopic (exact) mass is 318 g/mol. The zero-order valence-corrected chi connectivity index (χ0v) is 12.4. The first-order chi connectivity index (χ1) is 9.78. The summed E-state index contributed by atoms with van der Waals surface area (Å²) in [5, 5.41) is 12.4. The molecule has 116 valence electrons. The van der Waals surface area contributed by atoms with Crippen molar-refractivity contribution >= 4 is 11.6 Å². The normalized spacial score (nSPS) is 32.9. The molecule has 0 heterocycles. The van der Waals surface area contributed by atoms with Gasteiger partial charge in [0.2, 0.25) is 0 Å². The molecule has 0 N–H and O–H groups in total. The third kappa shape index (κ3) is 2.26. The fraction of sp³-hybridized carbons (Fsp3) is 0.600. The summed E-state index contributed by atoms with van der Waals surface area (Å²) in [4.78, 5) is 0. The van der Waals surface area contributed by atoms with Gasteiger partial charge in [-0.1, -0.05) is 11.6 Å². The molecule has 2 saturated carbocycles. The minimum Gasteiger partial charge on any atom is -0.785 e. The van der Waals surface area contributed by atoms with Crippen molar-refractivity contribution in [1.82, 2.24) is 5.06 Å². The topological polar surface area (TPSA) is 26.3 Å². The summed E-state index contributed by atoms with van der Waals surface area (Å²) < 4.78 is 42.9. The Bertz CT molecular complexity index is 570. The first-order valence-corrected chi connectivity index (χ1v) is 7.38. The molecule has 0 aliphatic heterocycles. The average molecular weight is 319 g/mol. The maximum Gasteiger partial charge on any atom is 0.149 e. The summed E-state index contributed by atoms with van der Waals surface area (Å²) in [6.45, 7) is 0. The summed E-state index contributed by atoms with van der Waals surface area (Å²) in [5.41, 5.74) is -2.33. The van der Waals surface area contributed by atoms with Gasteiger partial charge in [-0.2, -0.15) is 0 Å². The summed E-state index contributed by atoms with van der Waals surface area (Å²) >= 11 is 5.73. The number of hydrogen-bond donors (Lipinski definition) is 0. The smallest absolute Gasteiger partial charge is 0.149 e. The first kappa shape index (κ1) is 15.1. The summed E-state index contributed by atoms with van der Waals surface area (Å²) in [6, 6.07) is 1.13. The van der Waals surface area contributed by atoms with Crippen LogP contribution in [0, 0.1) is 22.3 Å². The molecule has 0 aromatic heterocycles. The van der Waals surface area contributed by atoms with Crippen molar-refractivity contribution in [3.05, 3.63) is 39.6 Å². The van der Waals surface area contributed by atoms with Gasteiger partial charge in [-0.3, -0.25) is 0 Å². The number of fused-ring (bicyclic) bond motifs is 2. The molecule has 2 nitrogen and oxygen atoms in total. The molecule has 0 amide bonds. The number of nitrogens with zero attached hydrogens (tertiary/aromatic N) is 1. The van der Waals surface area contributed by atoms with Crippen LogP contribution in [0.4, 0.5) is 13.2 Å². The van der Waals surface area contributed by atoms with E-state index in [-0.39, 0.29) is 17.0 Å². The lowest BCUT2D eigenvalue weighted by molar-refractivity contribution is 0.116. The van der Waals surface area contributed by atoms with E-state index >= 15 is 0 Å². The van der Waals surface area contributed by atoms with E-state index in [2.05, 4.69) is 0 Å². The number of benzene rings is 1. The number of rotatable bonds is 3. The van der Waals surface area contributed by atoms with Crippen LogP contribution in [0.1, 0.15) is 43.7 Å². The van der Waals surface area contributed by atoms with Crippen LogP contribution in [0.2, 0.25) is 5.02 Å². The number of alkyl halides is 1. The van der Waals surface area contributed by atoms with Crippen molar-refractivity contribution in [2.24, 2.45) is 5.41 Å². The van der Waals surface area contributed by atoms with Gasteiger partial charge in [0.05, 0.1) is 5.02 Å². The van der Waals surface area contributed by atoms with Gasteiger partial charge in [-0.25, -0.2) is 13.2 Å². The number of halogens is 4. The molecule has 1 unspecified atom stereocenters. The van der Waals surface area contributed by atoms with Crippen LogP contribution in [0.25, 0.3) is 0 Å². The summed E-state index contributed by atoms with van der Waals surface area (Å²) in [7, 11) is 1.23. The van der Waals surface area contributed by atoms with Crippen LogP contribution in [0.5, 0.6) is 0 Å². The molecule has 2 aliphatic carbocycles. The van der Waals surface area contributed by atoms with Crippen LogP contribution in [0.15, 0.2) is 12.1 Å². The maximum atomic E-state index is 14.4. The Morgan fingerprint density at radius 1 is 1.24 bits per heavy atom. The molecular formula is C15H16ClF3NO-. The van der Waals surface area contributed by atoms with E-state index in [4.69, 9.17) is 11.6 Å². The minimum atomic E-state index is -1.29. The van der Waals surface area contributed by atoms with E-state index in [0.717, 1.165) is 12.1 Å². The Morgan fingerprint density at radius 2 is 1.86 bits per heavy atom. The predicted molar refractivity (Wildman–Crippen MR) is 74.6 cm³/mol. The third-order valence-electron chi connectivity index (χ3n) is 5.11. The van der Waals surface area contributed by atoms with Crippen LogP contribution >= 0.6 is 11.6 Å². The van der Waals surface area contributed by atoms with Crippen LogP contribution in [-0.4, -0.2) is 17.8 Å². The zero-order valence-electron chi connectivity index (χ0n) is 11.6. The molecule has 2 aliphatic rings. The molecule has 1 aromatic carbocycles. The SMILES string of the molecule is CN([O-])C(c1c(F)ccc(Cl)c1F)C12CCC(F)(CC1)C2. The van der Waals surface area contributed by atoms with Crippen LogP contribution in [0.3, 0.4) is 0 Å². The zero-order chi connectivity index (χ0) is 15.4. The Labute approximate surface area is 126 Å². The molecule has 6 heteroatoms. The lowest BCUT2D eigenvalue weighted by Crippen LogP contribution is -2.35. The van der Waals surface area contributed by atoms with Gasteiger partial charge in [0.1, 0.15) is 17.3 Å². The number of hydrogen-bond acceptors (Lipinski definition) is 2. The van der Waals surface area contributed by atoms with Gasteiger partial charge < -0.3 is 10.3 Å². The maximum absolute atomic E-state index is 14.4. The molecule has 1 aromatic rings. The molecule has 3 rings (SSSR count). The van der Waals surface area contributed by atoms with Crippen molar-refractivity contribution in [1.29, 1.82) is 0 Å². The van der Waals surface area contributed by atoms with E-state index in [1.807, 2.05) is 0 Å². The molecule has 0 radical (unpaired) electrons. The van der Waals surface area contributed by atoms with E-state index in [1.165, 1.54) is 7.05 Å². The number of hydroxylamine groups is 2. The highest BCUT2D eigenvalue weighted by atomic mass is 35.5. The fourth-order valence-corrected chi connectivity index (χ4v) is 4.38. The summed E-state index contributed by atoms with van der Waals surface area (Å²) in [6.07, 6.45) is 1.81. The minimum absolute atomic E-state index is 0.183. The fourth-order valence-electron chi connectivity index (χ4n) is 4.22. The van der Waals surface area contributed by atoms with Crippen molar-refractivity contribution in [2.45, 2.75) is 43.8 Å². The molecular weight excluding hydrogens is 303 g/mol. The van der Waals surface area contributed by atoms with Crippen molar-refractivity contribution in [2.75, 3.05) is 7.05 Å². The second-order valence-electron chi connectivity index (χ2n) is 6.40. The van der Waals surface area contributed by atoms with Gasteiger partial charge in [0.15, 0.2) is 0 Å². The first-order valence-electron chi connectivity index (χ1n) is 7.00. The van der Waals surface area contributed by atoms with Crippen LogP contribution < -0.4 is 0 Å².